The third kappa shape index (κ3) is 4.94. The SMILES string of the molecule is CC(=O)Nc1ccccc1-c1ccc(N[C@H]2C[C@@H]3CN(CC4CCOCC4)C[C@@H]3C2)nn1. The summed E-state index contributed by atoms with van der Waals surface area (Å²) in [4.78, 5) is 14.2. The molecule has 32 heavy (non-hydrogen) atoms. The Morgan fingerprint density at radius 3 is 2.50 bits per heavy atom. The van der Waals surface area contributed by atoms with E-state index in [4.69, 9.17) is 4.74 Å². The lowest BCUT2D eigenvalue weighted by atomic mass is 10.00. The van der Waals surface area contributed by atoms with Crippen LogP contribution in [0.2, 0.25) is 0 Å². The normalized spacial score (nSPS) is 26.1. The van der Waals surface area contributed by atoms with E-state index in [1.807, 2.05) is 36.4 Å². The summed E-state index contributed by atoms with van der Waals surface area (Å²) in [6.07, 6.45) is 4.87. The second-order valence-electron chi connectivity index (χ2n) is 9.64. The van der Waals surface area contributed by atoms with Crippen molar-refractivity contribution in [1.82, 2.24) is 15.1 Å². The predicted octanol–water partition coefficient (Wildman–Crippen LogP) is 3.65. The minimum atomic E-state index is -0.0956. The van der Waals surface area contributed by atoms with Crippen molar-refractivity contribution in [1.29, 1.82) is 0 Å². The highest BCUT2D eigenvalue weighted by molar-refractivity contribution is 5.93. The Morgan fingerprint density at radius 2 is 1.81 bits per heavy atom. The average Bonchev–Trinajstić information content (AvgIpc) is 3.33. The Hall–Kier alpha value is -2.51. The van der Waals surface area contributed by atoms with E-state index in [-0.39, 0.29) is 5.91 Å². The van der Waals surface area contributed by atoms with Crippen molar-refractivity contribution < 1.29 is 9.53 Å². The van der Waals surface area contributed by atoms with Crippen molar-refractivity contribution >= 4 is 17.4 Å². The molecule has 0 unspecified atom stereocenters. The van der Waals surface area contributed by atoms with E-state index in [0.717, 1.165) is 53.7 Å². The fraction of sp³-hybridized carbons (Fsp3) is 0.560. The molecule has 0 bridgehead atoms. The van der Waals surface area contributed by atoms with E-state index < -0.39 is 0 Å². The molecule has 1 aliphatic carbocycles. The molecule has 1 aromatic carbocycles. The molecule has 170 valence electrons. The number of hydrogen-bond acceptors (Lipinski definition) is 6. The van der Waals surface area contributed by atoms with Gasteiger partial charge in [-0.1, -0.05) is 18.2 Å². The van der Waals surface area contributed by atoms with Gasteiger partial charge < -0.3 is 20.3 Å². The van der Waals surface area contributed by atoms with Crippen LogP contribution in [-0.2, 0) is 9.53 Å². The van der Waals surface area contributed by atoms with Gasteiger partial charge in [-0.3, -0.25) is 4.79 Å². The molecule has 3 aliphatic rings. The third-order valence-corrected chi connectivity index (χ3v) is 7.21. The number of anilines is 2. The van der Waals surface area contributed by atoms with Gasteiger partial charge in [0.25, 0.3) is 0 Å². The first-order valence-corrected chi connectivity index (χ1v) is 11.9. The number of fused-ring (bicyclic) bond motifs is 1. The van der Waals surface area contributed by atoms with E-state index in [0.29, 0.717) is 6.04 Å². The summed E-state index contributed by atoms with van der Waals surface area (Å²) < 4.78 is 5.51. The lowest BCUT2D eigenvalue weighted by Gasteiger charge is -2.27. The smallest absolute Gasteiger partial charge is 0.221 e. The van der Waals surface area contributed by atoms with Gasteiger partial charge in [-0.15, -0.1) is 10.2 Å². The molecule has 1 aromatic heterocycles. The Bertz CT molecular complexity index is 914. The summed E-state index contributed by atoms with van der Waals surface area (Å²) in [6.45, 7) is 7.12. The van der Waals surface area contributed by atoms with Crippen molar-refractivity contribution in [3.05, 3.63) is 36.4 Å². The molecule has 3 fully saturated rings. The van der Waals surface area contributed by atoms with Gasteiger partial charge in [0.15, 0.2) is 0 Å². The molecular formula is C25H33N5O2. The number of carbonyl (C=O) groups excluding carboxylic acids is 1. The number of para-hydroxylation sites is 1. The van der Waals surface area contributed by atoms with Crippen LogP contribution in [0.1, 0.15) is 32.6 Å². The fourth-order valence-electron chi connectivity index (χ4n) is 5.73. The van der Waals surface area contributed by atoms with E-state index in [9.17, 15) is 4.79 Å². The molecule has 5 rings (SSSR count). The maximum Gasteiger partial charge on any atom is 0.221 e. The molecule has 2 N–H and O–H groups in total. The lowest BCUT2D eigenvalue weighted by Crippen LogP contribution is -2.32. The highest BCUT2D eigenvalue weighted by Gasteiger charge is 2.41. The van der Waals surface area contributed by atoms with Crippen LogP contribution in [0, 0.1) is 17.8 Å². The molecule has 2 saturated heterocycles. The fourth-order valence-corrected chi connectivity index (χ4v) is 5.73. The number of nitrogens with zero attached hydrogens (tertiary/aromatic N) is 3. The highest BCUT2D eigenvalue weighted by Crippen LogP contribution is 2.39. The summed E-state index contributed by atoms with van der Waals surface area (Å²) in [5, 5.41) is 15.3. The van der Waals surface area contributed by atoms with Gasteiger partial charge in [0.1, 0.15) is 5.82 Å². The molecule has 7 heteroatoms. The van der Waals surface area contributed by atoms with Crippen LogP contribution >= 0.6 is 0 Å². The number of rotatable bonds is 6. The molecule has 3 heterocycles. The molecule has 2 aliphatic heterocycles. The minimum Gasteiger partial charge on any atom is -0.381 e. The zero-order valence-electron chi connectivity index (χ0n) is 18.8. The van der Waals surface area contributed by atoms with Gasteiger partial charge in [-0.25, -0.2) is 0 Å². The Balaban J connectivity index is 1.15. The van der Waals surface area contributed by atoms with Crippen LogP contribution in [0.5, 0.6) is 0 Å². The van der Waals surface area contributed by atoms with Crippen molar-refractivity contribution in [3.8, 4) is 11.3 Å². The maximum atomic E-state index is 11.5. The molecule has 1 saturated carbocycles. The summed E-state index contributed by atoms with van der Waals surface area (Å²) >= 11 is 0. The van der Waals surface area contributed by atoms with Gasteiger partial charge in [-0.2, -0.15) is 0 Å². The van der Waals surface area contributed by atoms with Gasteiger partial charge in [-0.05, 0) is 61.6 Å². The zero-order chi connectivity index (χ0) is 21.9. The second-order valence-corrected chi connectivity index (χ2v) is 9.64. The van der Waals surface area contributed by atoms with Crippen molar-refractivity contribution in [2.45, 2.75) is 38.6 Å². The Labute approximate surface area is 189 Å². The Morgan fingerprint density at radius 1 is 1.06 bits per heavy atom. The topological polar surface area (TPSA) is 79.4 Å². The monoisotopic (exact) mass is 435 g/mol. The molecule has 7 nitrogen and oxygen atoms in total. The zero-order valence-corrected chi connectivity index (χ0v) is 18.8. The molecular weight excluding hydrogens is 402 g/mol. The molecule has 1 amide bonds. The largest absolute Gasteiger partial charge is 0.381 e. The third-order valence-electron chi connectivity index (χ3n) is 7.21. The summed E-state index contributed by atoms with van der Waals surface area (Å²) in [5.41, 5.74) is 2.39. The van der Waals surface area contributed by atoms with Crippen molar-refractivity contribution in [2.24, 2.45) is 17.8 Å². The van der Waals surface area contributed by atoms with Gasteiger partial charge in [0.05, 0.1) is 11.4 Å². The summed E-state index contributed by atoms with van der Waals surface area (Å²) in [6, 6.07) is 12.1. The first-order chi connectivity index (χ1) is 15.6. The number of likely N-dealkylation sites (tertiary alicyclic amines) is 1. The van der Waals surface area contributed by atoms with Crippen LogP contribution in [-0.4, -0.2) is 59.9 Å². The predicted molar refractivity (Wildman–Crippen MR) is 125 cm³/mol. The minimum absolute atomic E-state index is 0.0956. The Kier molecular flexibility index (Phi) is 6.37. The first kappa shape index (κ1) is 21.3. The number of hydrogen-bond donors (Lipinski definition) is 2. The number of ether oxygens (including phenoxy) is 1. The quantitative estimate of drug-likeness (QED) is 0.721. The van der Waals surface area contributed by atoms with E-state index in [1.54, 1.807) is 0 Å². The number of benzene rings is 1. The number of carbonyl (C=O) groups is 1. The molecule has 0 radical (unpaired) electrons. The van der Waals surface area contributed by atoms with E-state index in [2.05, 4.69) is 25.7 Å². The number of nitrogens with one attached hydrogen (secondary N) is 2. The van der Waals surface area contributed by atoms with Gasteiger partial charge >= 0.3 is 0 Å². The van der Waals surface area contributed by atoms with Crippen molar-refractivity contribution in [2.75, 3.05) is 43.5 Å². The first-order valence-electron chi connectivity index (χ1n) is 11.9. The van der Waals surface area contributed by atoms with E-state index in [1.165, 1.54) is 52.2 Å². The van der Waals surface area contributed by atoms with Crippen LogP contribution in [0.15, 0.2) is 36.4 Å². The molecule has 2 aromatic rings. The molecule has 0 spiro atoms. The lowest BCUT2D eigenvalue weighted by molar-refractivity contribution is -0.114. The van der Waals surface area contributed by atoms with Gasteiger partial charge in [0.2, 0.25) is 5.91 Å². The van der Waals surface area contributed by atoms with Crippen molar-refractivity contribution in [3.63, 3.8) is 0 Å². The number of amides is 1. The second kappa shape index (κ2) is 9.55. The standard InChI is InChI=1S/C25H33N5O2/c1-17(31)26-23-5-3-2-4-22(23)24-6-7-25(29-28-24)27-21-12-19-15-30(16-20(19)13-21)14-18-8-10-32-11-9-18/h2-7,18-21H,8-16H2,1H3,(H,26,31)(H,27,29)/t19-,20+,21+. The van der Waals surface area contributed by atoms with Crippen LogP contribution in [0.4, 0.5) is 11.5 Å². The van der Waals surface area contributed by atoms with E-state index >= 15 is 0 Å². The highest BCUT2D eigenvalue weighted by atomic mass is 16.5. The molecule has 3 atom stereocenters. The van der Waals surface area contributed by atoms with Crippen LogP contribution < -0.4 is 10.6 Å². The summed E-state index contributed by atoms with van der Waals surface area (Å²) in [7, 11) is 0. The van der Waals surface area contributed by atoms with Crippen LogP contribution in [0.25, 0.3) is 11.3 Å². The summed E-state index contributed by atoms with van der Waals surface area (Å²) in [5.74, 6) is 3.14. The van der Waals surface area contributed by atoms with Crippen LogP contribution in [0.3, 0.4) is 0 Å². The average molecular weight is 436 g/mol. The maximum absolute atomic E-state index is 11.5. The van der Waals surface area contributed by atoms with Gasteiger partial charge in [0, 0.05) is 51.4 Å². The number of aromatic nitrogens is 2.